The SMILES string of the molecule is COC(=O)c1c(C#N)cc(C)cc1OC(F)(F)F. The highest BCUT2D eigenvalue weighted by Crippen LogP contribution is 2.30. The summed E-state index contributed by atoms with van der Waals surface area (Å²) < 4.78 is 44.7. The van der Waals surface area contributed by atoms with Gasteiger partial charge in [-0.3, -0.25) is 0 Å². The van der Waals surface area contributed by atoms with Gasteiger partial charge in [0.2, 0.25) is 0 Å². The van der Waals surface area contributed by atoms with Gasteiger partial charge in [0.1, 0.15) is 17.4 Å². The van der Waals surface area contributed by atoms with Crippen molar-refractivity contribution in [3.63, 3.8) is 0 Å². The van der Waals surface area contributed by atoms with Gasteiger partial charge in [0.05, 0.1) is 12.7 Å². The number of hydrogen-bond donors (Lipinski definition) is 0. The quantitative estimate of drug-likeness (QED) is 0.766. The van der Waals surface area contributed by atoms with Crippen LogP contribution in [0.3, 0.4) is 0 Å². The summed E-state index contributed by atoms with van der Waals surface area (Å²) in [5.74, 6) is -1.81. The summed E-state index contributed by atoms with van der Waals surface area (Å²) in [5, 5.41) is 8.82. The van der Waals surface area contributed by atoms with E-state index in [-0.39, 0.29) is 5.56 Å². The molecule has 0 aliphatic rings. The number of ether oxygens (including phenoxy) is 2. The molecule has 0 radical (unpaired) electrons. The Morgan fingerprint density at radius 3 is 2.44 bits per heavy atom. The second-order valence-corrected chi connectivity index (χ2v) is 3.34. The number of nitrogens with zero attached hydrogens (tertiary/aromatic N) is 1. The zero-order valence-corrected chi connectivity index (χ0v) is 9.46. The maximum absolute atomic E-state index is 12.2. The molecule has 0 amide bonds. The Labute approximate surface area is 101 Å². The minimum absolute atomic E-state index is 0.235. The highest BCUT2D eigenvalue weighted by Gasteiger charge is 2.34. The number of methoxy groups -OCH3 is 1. The number of carbonyl (C=O) groups is 1. The van der Waals surface area contributed by atoms with Gasteiger partial charge in [-0.1, -0.05) is 0 Å². The van der Waals surface area contributed by atoms with Gasteiger partial charge in [-0.25, -0.2) is 4.79 Å². The van der Waals surface area contributed by atoms with E-state index in [4.69, 9.17) is 5.26 Å². The molecule has 0 atom stereocenters. The van der Waals surface area contributed by atoms with Crippen molar-refractivity contribution in [3.05, 3.63) is 28.8 Å². The van der Waals surface area contributed by atoms with Crippen LogP contribution < -0.4 is 4.74 Å². The van der Waals surface area contributed by atoms with E-state index >= 15 is 0 Å². The van der Waals surface area contributed by atoms with Crippen LogP contribution in [0, 0.1) is 18.3 Å². The fraction of sp³-hybridized carbons (Fsp3) is 0.273. The molecule has 0 unspecified atom stereocenters. The van der Waals surface area contributed by atoms with Gasteiger partial charge >= 0.3 is 12.3 Å². The first-order valence-electron chi connectivity index (χ1n) is 4.67. The van der Waals surface area contributed by atoms with Crippen molar-refractivity contribution >= 4 is 5.97 Å². The Bertz CT molecular complexity index is 517. The van der Waals surface area contributed by atoms with Crippen molar-refractivity contribution in [2.24, 2.45) is 0 Å². The van der Waals surface area contributed by atoms with E-state index in [2.05, 4.69) is 9.47 Å². The average Bonchev–Trinajstić information content (AvgIpc) is 2.25. The maximum atomic E-state index is 12.2. The third-order valence-electron chi connectivity index (χ3n) is 1.98. The fourth-order valence-electron chi connectivity index (χ4n) is 1.36. The summed E-state index contributed by atoms with van der Waals surface area (Å²) in [7, 11) is 1.00. The second-order valence-electron chi connectivity index (χ2n) is 3.34. The van der Waals surface area contributed by atoms with Gasteiger partial charge in [-0.15, -0.1) is 13.2 Å². The summed E-state index contributed by atoms with van der Waals surface area (Å²) in [6.07, 6.45) is -4.96. The molecule has 0 bridgehead atoms. The summed E-state index contributed by atoms with van der Waals surface area (Å²) in [4.78, 5) is 11.4. The number of hydrogen-bond acceptors (Lipinski definition) is 4. The molecule has 1 aromatic rings. The molecule has 0 fully saturated rings. The van der Waals surface area contributed by atoms with E-state index in [1.165, 1.54) is 13.0 Å². The number of halogens is 3. The van der Waals surface area contributed by atoms with Crippen LogP contribution >= 0.6 is 0 Å². The maximum Gasteiger partial charge on any atom is 0.573 e. The van der Waals surface area contributed by atoms with Crippen LogP contribution in [0.15, 0.2) is 12.1 Å². The first-order valence-corrected chi connectivity index (χ1v) is 4.67. The molecule has 0 aromatic heterocycles. The number of aryl methyl sites for hydroxylation is 1. The van der Waals surface area contributed by atoms with Gasteiger partial charge in [-0.2, -0.15) is 5.26 Å². The summed E-state index contributed by atoms with van der Waals surface area (Å²) in [6, 6.07) is 3.92. The highest BCUT2D eigenvalue weighted by molar-refractivity contribution is 5.95. The van der Waals surface area contributed by atoms with Crippen molar-refractivity contribution in [3.8, 4) is 11.8 Å². The number of carbonyl (C=O) groups excluding carboxylic acids is 1. The molecule has 0 saturated carbocycles. The Morgan fingerprint density at radius 1 is 1.39 bits per heavy atom. The van der Waals surface area contributed by atoms with E-state index in [9.17, 15) is 18.0 Å². The number of alkyl halides is 3. The molecule has 96 valence electrons. The van der Waals surface area contributed by atoms with Crippen LogP contribution in [-0.4, -0.2) is 19.4 Å². The lowest BCUT2D eigenvalue weighted by molar-refractivity contribution is -0.274. The van der Waals surface area contributed by atoms with Crippen LogP contribution in [0.5, 0.6) is 5.75 Å². The molecule has 1 aromatic carbocycles. The van der Waals surface area contributed by atoms with E-state index in [0.717, 1.165) is 13.2 Å². The van der Waals surface area contributed by atoms with Gasteiger partial charge in [0, 0.05) is 0 Å². The van der Waals surface area contributed by atoms with Crippen LogP contribution in [-0.2, 0) is 4.74 Å². The second kappa shape index (κ2) is 4.96. The lowest BCUT2D eigenvalue weighted by Crippen LogP contribution is -2.20. The van der Waals surface area contributed by atoms with E-state index in [1.54, 1.807) is 6.07 Å². The number of nitriles is 1. The highest BCUT2D eigenvalue weighted by atomic mass is 19.4. The predicted octanol–water partition coefficient (Wildman–Crippen LogP) is 2.55. The third-order valence-corrected chi connectivity index (χ3v) is 1.98. The fourth-order valence-corrected chi connectivity index (χ4v) is 1.36. The van der Waals surface area contributed by atoms with Crippen LogP contribution in [0.2, 0.25) is 0 Å². The molecule has 18 heavy (non-hydrogen) atoms. The Morgan fingerprint density at radius 2 is 2.00 bits per heavy atom. The van der Waals surface area contributed by atoms with Crippen molar-refractivity contribution < 1.29 is 27.4 Å². The molecule has 0 aliphatic heterocycles. The van der Waals surface area contributed by atoms with Gasteiger partial charge in [0.25, 0.3) is 0 Å². The summed E-state index contributed by atoms with van der Waals surface area (Å²) in [6.45, 7) is 1.48. The van der Waals surface area contributed by atoms with Gasteiger partial charge in [-0.05, 0) is 24.6 Å². The standard InChI is InChI=1S/C11H8F3NO3/c1-6-3-7(5-15)9(10(16)17-2)8(4-6)18-11(12,13)14/h3-4H,1-2H3. The normalized spacial score (nSPS) is 10.7. The number of esters is 1. The molecule has 0 heterocycles. The molecule has 0 saturated heterocycles. The molecular formula is C11H8F3NO3. The van der Waals surface area contributed by atoms with Crippen LogP contribution in [0.25, 0.3) is 0 Å². The molecule has 0 N–H and O–H groups in total. The molecule has 4 nitrogen and oxygen atoms in total. The topological polar surface area (TPSA) is 59.3 Å². The first-order chi connectivity index (χ1) is 8.28. The zero-order valence-electron chi connectivity index (χ0n) is 9.46. The molecule has 0 aliphatic carbocycles. The number of benzene rings is 1. The monoisotopic (exact) mass is 259 g/mol. The van der Waals surface area contributed by atoms with Crippen molar-refractivity contribution in [1.29, 1.82) is 5.26 Å². The Balaban J connectivity index is 3.43. The molecule has 0 spiro atoms. The van der Waals surface area contributed by atoms with E-state index in [0.29, 0.717) is 5.56 Å². The van der Waals surface area contributed by atoms with Crippen LogP contribution in [0.4, 0.5) is 13.2 Å². The van der Waals surface area contributed by atoms with Crippen molar-refractivity contribution in [1.82, 2.24) is 0 Å². The minimum atomic E-state index is -4.96. The zero-order chi connectivity index (χ0) is 13.9. The van der Waals surface area contributed by atoms with Gasteiger partial charge < -0.3 is 9.47 Å². The van der Waals surface area contributed by atoms with Crippen molar-refractivity contribution in [2.45, 2.75) is 13.3 Å². The minimum Gasteiger partial charge on any atom is -0.465 e. The third kappa shape index (κ3) is 3.13. The van der Waals surface area contributed by atoms with Crippen molar-refractivity contribution in [2.75, 3.05) is 7.11 Å². The largest absolute Gasteiger partial charge is 0.573 e. The van der Waals surface area contributed by atoms with Crippen LogP contribution in [0.1, 0.15) is 21.5 Å². The lowest BCUT2D eigenvalue weighted by Gasteiger charge is -2.13. The molecule has 7 heteroatoms. The predicted molar refractivity (Wildman–Crippen MR) is 53.9 cm³/mol. The molecule has 1 rings (SSSR count). The average molecular weight is 259 g/mol. The summed E-state index contributed by atoms with van der Waals surface area (Å²) in [5.41, 5.74) is -0.414. The molecular weight excluding hydrogens is 251 g/mol. The van der Waals surface area contributed by atoms with Gasteiger partial charge in [0.15, 0.2) is 0 Å². The summed E-state index contributed by atoms with van der Waals surface area (Å²) >= 11 is 0. The first kappa shape index (κ1) is 13.8. The number of rotatable bonds is 2. The van der Waals surface area contributed by atoms with E-state index in [1.807, 2.05) is 0 Å². The van der Waals surface area contributed by atoms with E-state index < -0.39 is 23.6 Å². The lowest BCUT2D eigenvalue weighted by atomic mass is 10.0. The Hall–Kier alpha value is -2.23. The Kier molecular flexibility index (Phi) is 3.81. The smallest absolute Gasteiger partial charge is 0.465 e.